The highest BCUT2D eigenvalue weighted by molar-refractivity contribution is 8.00. The number of esters is 1. The first-order chi connectivity index (χ1) is 8.61. The lowest BCUT2D eigenvalue weighted by molar-refractivity contribution is -0.139. The number of nitrogens with one attached hydrogen (secondary N) is 1. The van der Waals surface area contributed by atoms with Crippen molar-refractivity contribution in [3.8, 4) is 5.75 Å². The average Bonchev–Trinajstić information content (AvgIpc) is 2.32. The summed E-state index contributed by atoms with van der Waals surface area (Å²) in [5.74, 6) is -0.0316. The molecule has 98 valence electrons. The zero-order valence-electron chi connectivity index (χ0n) is 10.0. The van der Waals surface area contributed by atoms with E-state index in [0.29, 0.717) is 12.3 Å². The molecule has 1 rings (SSSR count). The van der Waals surface area contributed by atoms with Crippen LogP contribution in [0.1, 0.15) is 6.92 Å². The normalized spacial score (nSPS) is 9.83. The van der Waals surface area contributed by atoms with Crippen molar-refractivity contribution in [3.63, 3.8) is 0 Å². The zero-order valence-corrected chi connectivity index (χ0v) is 10.8. The monoisotopic (exact) mass is 269 g/mol. The molecule has 1 aromatic carbocycles. The highest BCUT2D eigenvalue weighted by Gasteiger charge is 2.06. The molecule has 0 spiro atoms. The van der Waals surface area contributed by atoms with Gasteiger partial charge in [0.2, 0.25) is 5.91 Å². The van der Waals surface area contributed by atoms with Crippen molar-refractivity contribution in [2.75, 3.05) is 23.4 Å². The van der Waals surface area contributed by atoms with Crippen LogP contribution in [0.15, 0.2) is 24.3 Å². The molecule has 2 N–H and O–H groups in total. The summed E-state index contributed by atoms with van der Waals surface area (Å²) in [6.07, 6.45) is 0. The maximum Gasteiger partial charge on any atom is 0.315 e. The fourth-order valence-electron chi connectivity index (χ4n) is 1.17. The van der Waals surface area contributed by atoms with Gasteiger partial charge in [-0.1, -0.05) is 0 Å². The number of aromatic hydroxyl groups is 1. The average molecular weight is 269 g/mol. The SMILES string of the molecule is CCOC(=O)CSCC(=O)Nc1ccc(O)cc1. The van der Waals surface area contributed by atoms with Crippen LogP contribution in [0.25, 0.3) is 0 Å². The molecule has 5 nitrogen and oxygen atoms in total. The molecule has 0 aliphatic carbocycles. The van der Waals surface area contributed by atoms with Crippen LogP contribution in [0.3, 0.4) is 0 Å². The second-order valence-corrected chi connectivity index (χ2v) is 4.38. The van der Waals surface area contributed by atoms with E-state index in [1.807, 2.05) is 0 Å². The number of hydrogen-bond acceptors (Lipinski definition) is 5. The van der Waals surface area contributed by atoms with E-state index in [1.165, 1.54) is 23.9 Å². The molecule has 0 aromatic heterocycles. The van der Waals surface area contributed by atoms with Gasteiger partial charge in [0.1, 0.15) is 5.75 Å². The van der Waals surface area contributed by atoms with Gasteiger partial charge in [0.05, 0.1) is 18.1 Å². The molecule has 0 radical (unpaired) electrons. The number of carbonyl (C=O) groups is 2. The van der Waals surface area contributed by atoms with E-state index in [4.69, 9.17) is 9.84 Å². The standard InChI is InChI=1S/C12H15NO4S/c1-2-17-12(16)8-18-7-11(15)13-9-3-5-10(14)6-4-9/h3-6,14H,2,7-8H2,1H3,(H,13,15). The summed E-state index contributed by atoms with van der Waals surface area (Å²) in [5.41, 5.74) is 0.606. The fraction of sp³-hybridized carbons (Fsp3) is 0.333. The minimum atomic E-state index is -0.320. The van der Waals surface area contributed by atoms with Gasteiger partial charge in [-0.25, -0.2) is 0 Å². The van der Waals surface area contributed by atoms with Gasteiger partial charge in [-0.3, -0.25) is 9.59 Å². The summed E-state index contributed by atoms with van der Waals surface area (Å²) in [4.78, 5) is 22.5. The molecule has 0 heterocycles. The summed E-state index contributed by atoms with van der Waals surface area (Å²) in [6.45, 7) is 2.08. The number of phenols is 1. The lowest BCUT2D eigenvalue weighted by atomic mass is 10.3. The molecule has 1 aromatic rings. The number of anilines is 1. The molecule has 6 heteroatoms. The predicted octanol–water partition coefficient (Wildman–Crippen LogP) is 1.63. The van der Waals surface area contributed by atoms with Crippen LogP contribution < -0.4 is 5.32 Å². The summed E-state index contributed by atoms with van der Waals surface area (Å²) >= 11 is 1.20. The molecular formula is C12H15NO4S. The van der Waals surface area contributed by atoms with Crippen LogP contribution in [-0.4, -0.2) is 35.1 Å². The number of thioether (sulfide) groups is 1. The first kappa shape index (κ1) is 14.4. The van der Waals surface area contributed by atoms with Crippen molar-refractivity contribution < 1.29 is 19.4 Å². The summed E-state index contributed by atoms with van der Waals surface area (Å²) < 4.78 is 4.74. The van der Waals surface area contributed by atoms with E-state index in [2.05, 4.69) is 5.32 Å². The van der Waals surface area contributed by atoms with Crippen molar-refractivity contribution in [2.45, 2.75) is 6.92 Å². The Kier molecular flexibility index (Phi) is 6.07. The highest BCUT2D eigenvalue weighted by atomic mass is 32.2. The molecule has 0 saturated carbocycles. The van der Waals surface area contributed by atoms with E-state index in [9.17, 15) is 9.59 Å². The van der Waals surface area contributed by atoms with Gasteiger partial charge in [0, 0.05) is 5.69 Å². The Bertz CT molecular complexity index is 405. The van der Waals surface area contributed by atoms with Gasteiger partial charge in [-0.05, 0) is 31.2 Å². The fourth-order valence-corrected chi connectivity index (χ4v) is 1.78. The van der Waals surface area contributed by atoms with Crippen LogP contribution >= 0.6 is 11.8 Å². The first-order valence-electron chi connectivity index (χ1n) is 5.44. The minimum absolute atomic E-state index is 0.143. The Morgan fingerprint density at radius 1 is 1.28 bits per heavy atom. The maximum absolute atomic E-state index is 11.5. The van der Waals surface area contributed by atoms with Crippen LogP contribution in [-0.2, 0) is 14.3 Å². The molecular weight excluding hydrogens is 254 g/mol. The third-order valence-electron chi connectivity index (χ3n) is 1.91. The second kappa shape index (κ2) is 7.60. The molecule has 0 fully saturated rings. The van der Waals surface area contributed by atoms with E-state index in [0.717, 1.165) is 0 Å². The number of phenolic OH excluding ortho intramolecular Hbond substituents is 1. The number of amides is 1. The van der Waals surface area contributed by atoms with Crippen molar-refractivity contribution in [3.05, 3.63) is 24.3 Å². The lowest BCUT2D eigenvalue weighted by Gasteiger charge is -2.05. The molecule has 0 aliphatic heterocycles. The van der Waals surface area contributed by atoms with Gasteiger partial charge in [-0.2, -0.15) is 0 Å². The largest absolute Gasteiger partial charge is 0.508 e. The van der Waals surface area contributed by atoms with E-state index < -0.39 is 0 Å². The van der Waals surface area contributed by atoms with Gasteiger partial charge >= 0.3 is 5.97 Å². The van der Waals surface area contributed by atoms with E-state index >= 15 is 0 Å². The number of hydrogen-bond donors (Lipinski definition) is 2. The Balaban J connectivity index is 2.25. The van der Waals surface area contributed by atoms with Crippen molar-refractivity contribution in [1.29, 1.82) is 0 Å². The smallest absolute Gasteiger partial charge is 0.315 e. The summed E-state index contributed by atoms with van der Waals surface area (Å²) in [6, 6.07) is 6.18. The second-order valence-electron chi connectivity index (χ2n) is 3.39. The number of rotatable bonds is 6. The van der Waals surface area contributed by atoms with Crippen molar-refractivity contribution >= 4 is 29.3 Å². The zero-order chi connectivity index (χ0) is 13.4. The van der Waals surface area contributed by atoms with E-state index in [-0.39, 0.29) is 29.1 Å². The van der Waals surface area contributed by atoms with Crippen LogP contribution in [0.4, 0.5) is 5.69 Å². The molecule has 0 saturated heterocycles. The third kappa shape index (κ3) is 5.58. The van der Waals surface area contributed by atoms with Gasteiger partial charge in [-0.15, -0.1) is 11.8 Å². The highest BCUT2D eigenvalue weighted by Crippen LogP contribution is 2.14. The Morgan fingerprint density at radius 3 is 2.56 bits per heavy atom. The van der Waals surface area contributed by atoms with Crippen molar-refractivity contribution in [2.24, 2.45) is 0 Å². The lowest BCUT2D eigenvalue weighted by Crippen LogP contribution is -2.16. The van der Waals surface area contributed by atoms with Crippen LogP contribution in [0, 0.1) is 0 Å². The van der Waals surface area contributed by atoms with Crippen LogP contribution in [0.5, 0.6) is 5.75 Å². The summed E-state index contributed by atoms with van der Waals surface area (Å²) in [7, 11) is 0. The molecule has 1 amide bonds. The molecule has 0 atom stereocenters. The first-order valence-corrected chi connectivity index (χ1v) is 6.59. The molecule has 0 bridgehead atoms. The molecule has 0 aliphatic rings. The predicted molar refractivity (Wildman–Crippen MR) is 70.7 cm³/mol. The third-order valence-corrected chi connectivity index (χ3v) is 2.82. The molecule has 0 unspecified atom stereocenters. The number of carbonyl (C=O) groups excluding carboxylic acids is 2. The Labute approximate surface area is 110 Å². The Hall–Kier alpha value is -1.69. The number of benzene rings is 1. The quantitative estimate of drug-likeness (QED) is 0.606. The Morgan fingerprint density at radius 2 is 1.94 bits per heavy atom. The van der Waals surface area contributed by atoms with Gasteiger partial charge in [0.15, 0.2) is 0 Å². The maximum atomic E-state index is 11.5. The topological polar surface area (TPSA) is 75.6 Å². The number of ether oxygens (including phenoxy) is 1. The van der Waals surface area contributed by atoms with Crippen LogP contribution in [0.2, 0.25) is 0 Å². The summed E-state index contributed by atoms with van der Waals surface area (Å²) in [5, 5.41) is 11.7. The van der Waals surface area contributed by atoms with Gasteiger partial charge < -0.3 is 15.2 Å². The molecule has 18 heavy (non-hydrogen) atoms. The van der Waals surface area contributed by atoms with Gasteiger partial charge in [0.25, 0.3) is 0 Å². The van der Waals surface area contributed by atoms with Crippen molar-refractivity contribution in [1.82, 2.24) is 0 Å². The van der Waals surface area contributed by atoms with E-state index in [1.54, 1.807) is 19.1 Å². The minimum Gasteiger partial charge on any atom is -0.508 e.